The number of nitrogens with one attached hydrogen (secondary N) is 1. The van der Waals surface area contributed by atoms with Gasteiger partial charge in [-0.2, -0.15) is 0 Å². The summed E-state index contributed by atoms with van der Waals surface area (Å²) in [5.74, 6) is 0.583. The van der Waals surface area contributed by atoms with Gasteiger partial charge in [-0.25, -0.2) is 0 Å². The molecule has 3 nitrogen and oxygen atoms in total. The highest BCUT2D eigenvalue weighted by Gasteiger charge is 2.03. The van der Waals surface area contributed by atoms with Crippen molar-refractivity contribution in [1.82, 2.24) is 0 Å². The Kier molecular flexibility index (Phi) is 5.70. The molecule has 0 aliphatic rings. The lowest BCUT2D eigenvalue weighted by atomic mass is 10.0. The number of rotatable bonds is 6. The first-order chi connectivity index (χ1) is 8.13. The molecule has 3 N–H and O–H groups in total. The van der Waals surface area contributed by atoms with Crippen molar-refractivity contribution in [2.75, 3.05) is 11.9 Å². The van der Waals surface area contributed by atoms with Crippen LogP contribution in [0.15, 0.2) is 24.3 Å². The van der Waals surface area contributed by atoms with Crippen LogP contribution in [0.1, 0.15) is 44.6 Å². The van der Waals surface area contributed by atoms with Gasteiger partial charge in [0.2, 0.25) is 5.91 Å². The van der Waals surface area contributed by atoms with E-state index in [-0.39, 0.29) is 5.91 Å². The van der Waals surface area contributed by atoms with Crippen molar-refractivity contribution in [3.63, 3.8) is 0 Å². The molecule has 0 unspecified atom stereocenters. The predicted octanol–water partition coefficient (Wildman–Crippen LogP) is 2.88. The van der Waals surface area contributed by atoms with Gasteiger partial charge < -0.3 is 11.1 Å². The van der Waals surface area contributed by atoms with Crippen LogP contribution in [-0.2, 0) is 4.79 Å². The van der Waals surface area contributed by atoms with Gasteiger partial charge in [-0.05, 0) is 43.0 Å². The quantitative estimate of drug-likeness (QED) is 0.744. The Labute approximate surface area is 103 Å². The first kappa shape index (κ1) is 13.7. The molecule has 0 saturated heterocycles. The monoisotopic (exact) mass is 234 g/mol. The molecule has 0 atom stereocenters. The molecule has 1 rings (SSSR count). The summed E-state index contributed by atoms with van der Waals surface area (Å²) in [4.78, 5) is 11.6. The Bertz CT molecular complexity index is 344. The van der Waals surface area contributed by atoms with Crippen LogP contribution < -0.4 is 11.1 Å². The first-order valence-corrected chi connectivity index (χ1v) is 6.23. The number of amides is 1. The third kappa shape index (κ3) is 5.00. The average Bonchev–Trinajstić information content (AvgIpc) is 2.30. The number of unbranched alkanes of at least 4 members (excludes halogenated alkanes) is 1. The molecule has 0 spiro atoms. The van der Waals surface area contributed by atoms with Gasteiger partial charge in [-0.1, -0.05) is 26.0 Å². The van der Waals surface area contributed by atoms with Crippen molar-refractivity contribution >= 4 is 11.6 Å². The van der Waals surface area contributed by atoms with Crippen molar-refractivity contribution in [2.24, 2.45) is 5.73 Å². The highest BCUT2D eigenvalue weighted by Crippen LogP contribution is 2.17. The van der Waals surface area contributed by atoms with Crippen LogP contribution in [0.2, 0.25) is 0 Å². The fourth-order valence-corrected chi connectivity index (χ4v) is 1.60. The van der Waals surface area contributed by atoms with Crippen molar-refractivity contribution in [3.8, 4) is 0 Å². The van der Waals surface area contributed by atoms with E-state index in [1.807, 2.05) is 12.1 Å². The van der Waals surface area contributed by atoms with Crippen LogP contribution in [0.3, 0.4) is 0 Å². The molecule has 17 heavy (non-hydrogen) atoms. The number of carbonyl (C=O) groups excluding carboxylic acids is 1. The van der Waals surface area contributed by atoms with E-state index in [9.17, 15) is 4.79 Å². The van der Waals surface area contributed by atoms with Crippen molar-refractivity contribution in [1.29, 1.82) is 0 Å². The lowest BCUT2D eigenvalue weighted by Crippen LogP contribution is -2.12. The van der Waals surface area contributed by atoms with E-state index in [0.717, 1.165) is 18.5 Å². The second-order valence-corrected chi connectivity index (χ2v) is 4.57. The molecule has 0 radical (unpaired) electrons. The third-order valence-electron chi connectivity index (χ3n) is 2.72. The van der Waals surface area contributed by atoms with Crippen LogP contribution in [0.4, 0.5) is 5.69 Å². The molecule has 1 aromatic carbocycles. The summed E-state index contributed by atoms with van der Waals surface area (Å²) in [7, 11) is 0. The molecule has 0 bridgehead atoms. The first-order valence-electron chi connectivity index (χ1n) is 6.23. The van der Waals surface area contributed by atoms with E-state index in [2.05, 4.69) is 31.3 Å². The van der Waals surface area contributed by atoms with Gasteiger partial charge in [0.15, 0.2) is 0 Å². The molecule has 3 heteroatoms. The minimum absolute atomic E-state index is 0.0655. The van der Waals surface area contributed by atoms with Gasteiger partial charge in [0.05, 0.1) is 0 Å². The highest BCUT2D eigenvalue weighted by molar-refractivity contribution is 5.90. The van der Waals surface area contributed by atoms with Crippen molar-refractivity contribution in [3.05, 3.63) is 29.8 Å². The summed E-state index contributed by atoms with van der Waals surface area (Å²) in [6.07, 6.45) is 2.30. The Balaban J connectivity index is 2.43. The second-order valence-electron chi connectivity index (χ2n) is 4.57. The Morgan fingerprint density at radius 3 is 2.41 bits per heavy atom. The van der Waals surface area contributed by atoms with E-state index < -0.39 is 0 Å². The summed E-state index contributed by atoms with van der Waals surface area (Å²) >= 11 is 0. The zero-order valence-corrected chi connectivity index (χ0v) is 10.7. The number of benzene rings is 1. The van der Waals surface area contributed by atoms with Crippen molar-refractivity contribution in [2.45, 2.75) is 39.0 Å². The van der Waals surface area contributed by atoms with Crippen LogP contribution in [-0.4, -0.2) is 12.5 Å². The molecule has 94 valence electrons. The van der Waals surface area contributed by atoms with Crippen LogP contribution in [0.25, 0.3) is 0 Å². The molecule has 0 aliphatic heterocycles. The summed E-state index contributed by atoms with van der Waals surface area (Å²) in [6, 6.07) is 8.02. The van der Waals surface area contributed by atoms with E-state index >= 15 is 0 Å². The number of nitrogens with two attached hydrogens (primary N) is 1. The Hall–Kier alpha value is -1.35. The molecule has 1 aromatic rings. The van der Waals surface area contributed by atoms with E-state index in [1.165, 1.54) is 5.56 Å². The van der Waals surface area contributed by atoms with E-state index in [4.69, 9.17) is 5.73 Å². The standard InChI is InChI=1S/C14H22N2O/c1-11(2)12-6-8-13(9-7-12)16-14(17)5-3-4-10-15/h6-9,11H,3-5,10,15H2,1-2H3,(H,16,17). The molecule has 0 aromatic heterocycles. The minimum Gasteiger partial charge on any atom is -0.330 e. The van der Waals surface area contributed by atoms with Gasteiger partial charge in [0, 0.05) is 12.1 Å². The minimum atomic E-state index is 0.0655. The van der Waals surface area contributed by atoms with Crippen molar-refractivity contribution < 1.29 is 4.79 Å². The summed E-state index contributed by atoms with van der Waals surface area (Å²) in [5.41, 5.74) is 7.53. The molecular formula is C14H22N2O. The Morgan fingerprint density at radius 2 is 1.88 bits per heavy atom. The van der Waals surface area contributed by atoms with Gasteiger partial charge >= 0.3 is 0 Å². The topological polar surface area (TPSA) is 55.1 Å². The average molecular weight is 234 g/mol. The zero-order valence-electron chi connectivity index (χ0n) is 10.7. The molecule has 0 saturated carbocycles. The van der Waals surface area contributed by atoms with Crippen LogP contribution in [0, 0.1) is 0 Å². The summed E-state index contributed by atoms with van der Waals surface area (Å²) in [6.45, 7) is 4.96. The van der Waals surface area contributed by atoms with Gasteiger partial charge in [-0.15, -0.1) is 0 Å². The second kappa shape index (κ2) is 7.07. The summed E-state index contributed by atoms with van der Waals surface area (Å²) < 4.78 is 0. The zero-order chi connectivity index (χ0) is 12.7. The van der Waals surface area contributed by atoms with E-state index in [1.54, 1.807) is 0 Å². The highest BCUT2D eigenvalue weighted by atomic mass is 16.1. The van der Waals surface area contributed by atoms with Crippen LogP contribution >= 0.6 is 0 Å². The molecule has 0 aliphatic carbocycles. The lowest BCUT2D eigenvalue weighted by Gasteiger charge is -2.08. The maximum atomic E-state index is 11.6. The number of hydrogen-bond donors (Lipinski definition) is 2. The number of hydrogen-bond acceptors (Lipinski definition) is 2. The lowest BCUT2D eigenvalue weighted by molar-refractivity contribution is -0.116. The number of anilines is 1. The fraction of sp³-hybridized carbons (Fsp3) is 0.500. The summed E-state index contributed by atoms with van der Waals surface area (Å²) in [5, 5.41) is 2.89. The molecule has 0 heterocycles. The van der Waals surface area contributed by atoms with Crippen LogP contribution in [0.5, 0.6) is 0 Å². The molecule has 0 fully saturated rings. The van der Waals surface area contributed by atoms with Gasteiger partial charge in [0.1, 0.15) is 0 Å². The third-order valence-corrected chi connectivity index (χ3v) is 2.72. The molecular weight excluding hydrogens is 212 g/mol. The smallest absolute Gasteiger partial charge is 0.224 e. The maximum Gasteiger partial charge on any atom is 0.224 e. The molecule has 1 amide bonds. The predicted molar refractivity (Wildman–Crippen MR) is 72.1 cm³/mol. The normalized spacial score (nSPS) is 10.6. The largest absolute Gasteiger partial charge is 0.330 e. The maximum absolute atomic E-state index is 11.6. The van der Waals surface area contributed by atoms with Gasteiger partial charge in [0.25, 0.3) is 0 Å². The van der Waals surface area contributed by atoms with E-state index in [0.29, 0.717) is 18.9 Å². The fourth-order valence-electron chi connectivity index (χ4n) is 1.60. The van der Waals surface area contributed by atoms with Gasteiger partial charge in [-0.3, -0.25) is 4.79 Å². The number of carbonyl (C=O) groups is 1. The Morgan fingerprint density at radius 1 is 1.24 bits per heavy atom. The SMILES string of the molecule is CC(C)c1ccc(NC(=O)CCCCN)cc1.